The molecule has 8 saturated carbocycles. The second kappa shape index (κ2) is 18.3. The number of esters is 2. The fourth-order valence-electron chi connectivity index (χ4n) is 13.4. The van der Waals surface area contributed by atoms with Crippen molar-refractivity contribution in [1.82, 2.24) is 0 Å². The van der Waals surface area contributed by atoms with Gasteiger partial charge in [-0.3, -0.25) is 0 Å². The summed E-state index contributed by atoms with van der Waals surface area (Å²) in [5.41, 5.74) is -1.52. The van der Waals surface area contributed by atoms with Gasteiger partial charge in [-0.15, -0.1) is 0 Å². The van der Waals surface area contributed by atoms with Gasteiger partial charge in [0.15, 0.2) is 27.9 Å². The summed E-state index contributed by atoms with van der Waals surface area (Å²) in [6, 6.07) is 34.4. The Morgan fingerprint density at radius 2 is 0.725 bits per heavy atom. The number of hydrogen-bond acceptors (Lipinski definition) is 8. The molecule has 12 heteroatoms. The predicted octanol–water partition coefficient (Wildman–Crippen LogP) is 13.7. The van der Waals surface area contributed by atoms with Crippen LogP contribution < -0.4 is 18.9 Å². The molecule has 0 aromatic heterocycles. The normalized spacial score (nSPS) is 29.8. The third kappa shape index (κ3) is 9.54. The van der Waals surface area contributed by atoms with E-state index >= 15 is 0 Å². The van der Waals surface area contributed by atoms with Crippen LogP contribution in [0.25, 0.3) is 0 Å². The van der Waals surface area contributed by atoms with E-state index in [0.717, 1.165) is 97.0 Å². The quantitative estimate of drug-likeness (QED) is 0.0757. The van der Waals surface area contributed by atoms with Gasteiger partial charge in [-0.05, 0) is 247 Å². The summed E-state index contributed by atoms with van der Waals surface area (Å²) in [6.45, 7) is 3.93. The minimum atomic E-state index is -4.46. The standard InChI is InChI=1S/C57H58F3O8S/c1-55(40-25-35-23-36(27-40)28-41(55)26-35)67-53(61)33-63-44-5-9-46(10-6-44)65-48-13-19-51(20-14-48)69(50-17-3-39(4-18-50)57(58,59)60)52-21-15-49(16-22-52)66-47-11-7-45(8-12-47)64-34-54(62)68-56(2)42-29-37-24-38(31-42)32-43(56)30-37/h3-22,35-38,40-43H,23-34H2,1-2H3/q+1. The van der Waals surface area contributed by atoms with Gasteiger partial charge in [0.2, 0.25) is 0 Å². The van der Waals surface area contributed by atoms with Crippen LogP contribution in [0.4, 0.5) is 13.2 Å². The highest BCUT2D eigenvalue weighted by molar-refractivity contribution is 7.97. The van der Waals surface area contributed by atoms with Crippen LogP contribution in [0, 0.1) is 47.3 Å². The zero-order valence-corrected chi connectivity index (χ0v) is 39.8. The molecule has 69 heavy (non-hydrogen) atoms. The molecule has 5 aromatic carbocycles. The van der Waals surface area contributed by atoms with Crippen molar-refractivity contribution in [2.45, 2.75) is 110 Å². The second-order valence-electron chi connectivity index (χ2n) is 20.9. The number of benzene rings is 5. The Balaban J connectivity index is 0.703. The van der Waals surface area contributed by atoms with Crippen LogP contribution in [0.1, 0.15) is 83.6 Å². The van der Waals surface area contributed by atoms with Gasteiger partial charge in [0.05, 0.1) is 16.5 Å². The van der Waals surface area contributed by atoms with Gasteiger partial charge in [-0.25, -0.2) is 9.59 Å². The number of alkyl halides is 3. The van der Waals surface area contributed by atoms with Gasteiger partial charge >= 0.3 is 18.1 Å². The second-order valence-corrected chi connectivity index (χ2v) is 22.9. The van der Waals surface area contributed by atoms with Crippen LogP contribution in [0.15, 0.2) is 136 Å². The van der Waals surface area contributed by atoms with Crippen molar-refractivity contribution >= 4 is 22.8 Å². The average Bonchev–Trinajstić information content (AvgIpc) is 3.33. The Morgan fingerprint density at radius 1 is 0.449 bits per heavy atom. The summed E-state index contributed by atoms with van der Waals surface area (Å²) in [4.78, 5) is 28.4. The molecule has 0 radical (unpaired) electrons. The smallest absolute Gasteiger partial charge is 0.416 e. The lowest BCUT2D eigenvalue weighted by Crippen LogP contribution is -2.58. The van der Waals surface area contributed by atoms with Gasteiger partial charge in [-0.1, -0.05) is 0 Å². The maximum atomic E-state index is 13.6. The first-order chi connectivity index (χ1) is 33.2. The molecule has 360 valence electrons. The maximum Gasteiger partial charge on any atom is 0.416 e. The Kier molecular flexibility index (Phi) is 12.1. The molecule has 8 aliphatic rings. The lowest BCUT2D eigenvalue weighted by atomic mass is 9.50. The molecule has 0 N–H and O–H groups in total. The molecule has 0 amide bonds. The number of hydrogen-bond donors (Lipinski definition) is 0. The van der Waals surface area contributed by atoms with Gasteiger partial charge < -0.3 is 28.4 Å². The lowest BCUT2D eigenvalue weighted by Gasteiger charge is -2.59. The molecule has 8 aliphatic carbocycles. The van der Waals surface area contributed by atoms with Crippen LogP contribution in [0.3, 0.4) is 0 Å². The monoisotopic (exact) mass is 959 g/mol. The highest BCUT2D eigenvalue weighted by Gasteiger charge is 2.58. The number of carbonyl (C=O) groups excluding carboxylic acids is 2. The minimum Gasteiger partial charge on any atom is -0.482 e. The van der Waals surface area contributed by atoms with E-state index in [1.165, 1.54) is 25.0 Å². The minimum absolute atomic E-state index is 0.161. The van der Waals surface area contributed by atoms with Crippen molar-refractivity contribution in [3.8, 4) is 34.5 Å². The molecule has 8 nitrogen and oxygen atoms in total. The molecule has 0 saturated heterocycles. The SMILES string of the molecule is CC1(OC(=O)COc2ccc(Oc3ccc([S+](c4ccc(Oc5ccc(OCC(=O)OC6(C)C7CC8CC(C7)CC6C8)cc5)cc4)c4ccc(C(F)(F)F)cc4)cc3)cc2)C2CC3CC(C2)CC1C3. The molecule has 0 atom stereocenters. The van der Waals surface area contributed by atoms with Crippen molar-refractivity contribution in [3.05, 3.63) is 127 Å². The van der Waals surface area contributed by atoms with Gasteiger partial charge in [0, 0.05) is 0 Å². The van der Waals surface area contributed by atoms with Crippen molar-refractivity contribution in [2.75, 3.05) is 13.2 Å². The molecule has 0 spiro atoms. The third-order valence-electron chi connectivity index (χ3n) is 16.6. The van der Waals surface area contributed by atoms with Crippen LogP contribution in [-0.2, 0) is 36.1 Å². The largest absolute Gasteiger partial charge is 0.482 e. The highest BCUT2D eigenvalue weighted by Crippen LogP contribution is 2.61. The van der Waals surface area contributed by atoms with E-state index in [2.05, 4.69) is 13.8 Å². The van der Waals surface area contributed by atoms with E-state index in [0.29, 0.717) is 63.1 Å². The number of ether oxygens (including phenoxy) is 6. The summed E-state index contributed by atoms with van der Waals surface area (Å²) in [6.07, 6.45) is 7.48. The van der Waals surface area contributed by atoms with Crippen LogP contribution in [0.5, 0.6) is 34.5 Å². The first kappa shape index (κ1) is 45.8. The van der Waals surface area contributed by atoms with Crippen LogP contribution in [-0.4, -0.2) is 36.4 Å². The van der Waals surface area contributed by atoms with E-state index in [1.54, 1.807) is 48.5 Å². The van der Waals surface area contributed by atoms with Crippen molar-refractivity contribution in [2.24, 2.45) is 47.3 Å². The van der Waals surface area contributed by atoms with E-state index in [-0.39, 0.29) is 25.2 Å². The zero-order valence-electron chi connectivity index (χ0n) is 39.0. The van der Waals surface area contributed by atoms with Crippen molar-refractivity contribution < 1.29 is 51.2 Å². The van der Waals surface area contributed by atoms with Gasteiger partial charge in [0.25, 0.3) is 0 Å². The molecule has 8 fully saturated rings. The molecule has 0 unspecified atom stereocenters. The maximum absolute atomic E-state index is 13.6. The predicted molar refractivity (Wildman–Crippen MR) is 254 cm³/mol. The molecule has 0 aliphatic heterocycles. The van der Waals surface area contributed by atoms with E-state index < -0.39 is 33.8 Å². The Morgan fingerprint density at radius 3 is 1.03 bits per heavy atom. The topological polar surface area (TPSA) is 89.5 Å². The summed E-state index contributed by atoms with van der Waals surface area (Å²) >= 11 is 0. The van der Waals surface area contributed by atoms with Crippen LogP contribution in [0.2, 0.25) is 0 Å². The van der Waals surface area contributed by atoms with Crippen LogP contribution >= 0.6 is 0 Å². The molecule has 13 rings (SSSR count). The van der Waals surface area contributed by atoms with E-state index in [1.807, 2.05) is 48.5 Å². The molecule has 8 bridgehead atoms. The zero-order chi connectivity index (χ0) is 47.5. The lowest BCUT2D eigenvalue weighted by molar-refractivity contribution is -0.205. The summed E-state index contributed by atoms with van der Waals surface area (Å²) < 4.78 is 77.1. The average molecular weight is 960 g/mol. The Hall–Kier alpha value is -5.62. The molecular formula is C57H58F3O8S+. The molecule has 0 heterocycles. The highest BCUT2D eigenvalue weighted by atomic mass is 32.2. The Bertz CT molecular complexity index is 2420. The summed E-state index contributed by atoms with van der Waals surface area (Å²) in [7, 11) is -0.779. The van der Waals surface area contributed by atoms with E-state index in [9.17, 15) is 22.8 Å². The first-order valence-corrected chi connectivity index (χ1v) is 25.8. The molecule has 5 aromatic rings. The van der Waals surface area contributed by atoms with Crippen molar-refractivity contribution in [3.63, 3.8) is 0 Å². The van der Waals surface area contributed by atoms with Gasteiger partial charge in [-0.2, -0.15) is 13.2 Å². The van der Waals surface area contributed by atoms with Crippen molar-refractivity contribution in [1.29, 1.82) is 0 Å². The number of carbonyl (C=O) groups is 2. The van der Waals surface area contributed by atoms with E-state index in [4.69, 9.17) is 28.4 Å². The fourth-order valence-corrected chi connectivity index (χ4v) is 15.4. The molecular weight excluding hydrogens is 902 g/mol. The Labute approximate surface area is 404 Å². The fraction of sp³-hybridized carbons (Fsp3) is 0.439. The summed E-state index contributed by atoms with van der Waals surface area (Å²) in [5.74, 6) is 7.58. The number of rotatable bonds is 15. The van der Waals surface area contributed by atoms with Gasteiger partial charge in [0.1, 0.15) is 45.7 Å². The summed E-state index contributed by atoms with van der Waals surface area (Å²) in [5, 5.41) is 0. The third-order valence-corrected chi connectivity index (χ3v) is 18.8. The first-order valence-electron chi connectivity index (χ1n) is 24.6. The number of halogens is 3.